The fraction of sp³-hybridized carbons (Fsp3) is 0. The third-order valence-corrected chi connectivity index (χ3v) is 1.34. The molecule has 0 spiro atoms. The Balaban J connectivity index is 3.07. The van der Waals surface area contributed by atoms with Crippen molar-refractivity contribution < 1.29 is 9.90 Å². The van der Waals surface area contributed by atoms with E-state index in [2.05, 4.69) is 9.97 Å². The first kappa shape index (κ1) is 7.39. The van der Waals surface area contributed by atoms with Crippen molar-refractivity contribution in [1.82, 2.24) is 9.97 Å². The van der Waals surface area contributed by atoms with Crippen molar-refractivity contribution in [3.05, 3.63) is 21.8 Å². The molecule has 0 saturated carbocycles. The molecule has 0 fully saturated rings. The van der Waals surface area contributed by atoms with Gasteiger partial charge in [0.2, 0.25) is 0 Å². The topological polar surface area (TPSA) is 63.1 Å². The summed E-state index contributed by atoms with van der Waals surface area (Å²) < 4.78 is 0.581. The number of carbonyl (C=O) groups is 1. The van der Waals surface area contributed by atoms with Gasteiger partial charge in [-0.3, -0.25) is 4.98 Å². The highest BCUT2D eigenvalue weighted by molar-refractivity contribution is 14.1. The van der Waals surface area contributed by atoms with E-state index in [1.807, 2.05) is 22.6 Å². The van der Waals surface area contributed by atoms with Gasteiger partial charge < -0.3 is 5.11 Å². The van der Waals surface area contributed by atoms with Crippen LogP contribution in [0.3, 0.4) is 0 Å². The number of rotatable bonds is 1. The van der Waals surface area contributed by atoms with Gasteiger partial charge in [-0.05, 0) is 22.6 Å². The van der Waals surface area contributed by atoms with Crippen molar-refractivity contribution in [3.8, 4) is 0 Å². The lowest BCUT2D eigenvalue weighted by Gasteiger charge is -1.90. The van der Waals surface area contributed by atoms with E-state index in [1.54, 1.807) is 0 Å². The third kappa shape index (κ3) is 1.63. The quantitative estimate of drug-likeness (QED) is 0.748. The van der Waals surface area contributed by atoms with Crippen molar-refractivity contribution >= 4 is 28.6 Å². The van der Waals surface area contributed by atoms with Crippen LogP contribution in [-0.4, -0.2) is 21.0 Å². The molecule has 10 heavy (non-hydrogen) atoms. The van der Waals surface area contributed by atoms with E-state index in [1.165, 1.54) is 12.4 Å². The van der Waals surface area contributed by atoms with E-state index < -0.39 is 5.97 Å². The molecular weight excluding hydrogens is 247 g/mol. The standard InChI is InChI=1S/C5H3IN2O2/c6-4-2-7-1-3(8-4)5(9)10/h1-2H,(H,9,10). The maximum Gasteiger partial charge on any atom is 0.356 e. The van der Waals surface area contributed by atoms with Crippen LogP contribution >= 0.6 is 22.6 Å². The molecule has 1 heterocycles. The van der Waals surface area contributed by atoms with E-state index in [0.717, 1.165) is 0 Å². The molecule has 5 heteroatoms. The number of aromatic nitrogens is 2. The second kappa shape index (κ2) is 2.91. The SMILES string of the molecule is O=C(O)c1cncc(I)n1. The summed E-state index contributed by atoms with van der Waals surface area (Å²) in [5, 5.41) is 8.40. The minimum atomic E-state index is -1.05. The molecule has 1 aromatic rings. The molecule has 1 rings (SSSR count). The maximum atomic E-state index is 10.2. The second-order valence-corrected chi connectivity index (χ2v) is 2.64. The molecule has 0 bridgehead atoms. The Morgan fingerprint density at radius 2 is 2.30 bits per heavy atom. The summed E-state index contributed by atoms with van der Waals surface area (Å²) in [7, 11) is 0. The monoisotopic (exact) mass is 250 g/mol. The number of hydrogen-bond acceptors (Lipinski definition) is 3. The highest BCUT2D eigenvalue weighted by atomic mass is 127. The van der Waals surface area contributed by atoms with Crippen LogP contribution < -0.4 is 0 Å². The van der Waals surface area contributed by atoms with E-state index in [9.17, 15) is 4.79 Å². The summed E-state index contributed by atoms with van der Waals surface area (Å²) in [6.45, 7) is 0. The van der Waals surface area contributed by atoms with Crippen LogP contribution in [0.15, 0.2) is 12.4 Å². The summed E-state index contributed by atoms with van der Waals surface area (Å²) in [6, 6.07) is 0. The van der Waals surface area contributed by atoms with E-state index in [-0.39, 0.29) is 5.69 Å². The highest BCUT2D eigenvalue weighted by Gasteiger charge is 2.03. The van der Waals surface area contributed by atoms with Crippen molar-refractivity contribution in [3.63, 3.8) is 0 Å². The van der Waals surface area contributed by atoms with Gasteiger partial charge in [0.1, 0.15) is 3.70 Å². The zero-order chi connectivity index (χ0) is 7.56. The third-order valence-electron chi connectivity index (χ3n) is 0.824. The van der Waals surface area contributed by atoms with Gasteiger partial charge in [-0.2, -0.15) is 0 Å². The Kier molecular flexibility index (Phi) is 2.15. The summed E-state index contributed by atoms with van der Waals surface area (Å²) in [5.41, 5.74) is -0.0214. The van der Waals surface area contributed by atoms with Crippen LogP contribution in [-0.2, 0) is 0 Å². The molecular formula is C5H3IN2O2. The zero-order valence-electron chi connectivity index (χ0n) is 4.78. The molecule has 1 N–H and O–H groups in total. The smallest absolute Gasteiger partial charge is 0.356 e. The minimum absolute atomic E-state index is 0.0214. The molecule has 0 aliphatic carbocycles. The van der Waals surface area contributed by atoms with Gasteiger partial charge >= 0.3 is 5.97 Å². The summed E-state index contributed by atoms with van der Waals surface area (Å²) >= 11 is 1.90. The molecule has 0 saturated heterocycles. The predicted molar refractivity (Wildman–Crippen MR) is 41.7 cm³/mol. The molecule has 52 valence electrons. The molecule has 4 nitrogen and oxygen atoms in total. The first-order valence-corrected chi connectivity index (χ1v) is 3.49. The van der Waals surface area contributed by atoms with Crippen LogP contribution in [0.4, 0.5) is 0 Å². The molecule has 0 amide bonds. The summed E-state index contributed by atoms with van der Waals surface area (Å²) in [4.78, 5) is 17.6. The fourth-order valence-electron chi connectivity index (χ4n) is 0.445. The van der Waals surface area contributed by atoms with E-state index in [4.69, 9.17) is 5.11 Å². The normalized spacial score (nSPS) is 9.30. The molecule has 0 unspecified atom stereocenters. The Morgan fingerprint density at radius 1 is 1.60 bits per heavy atom. The van der Waals surface area contributed by atoms with Gasteiger partial charge in [0, 0.05) is 0 Å². The van der Waals surface area contributed by atoms with Crippen LogP contribution in [0.5, 0.6) is 0 Å². The molecule has 0 aliphatic heterocycles. The first-order valence-electron chi connectivity index (χ1n) is 2.41. The Morgan fingerprint density at radius 3 is 2.70 bits per heavy atom. The number of halogens is 1. The average Bonchev–Trinajstić information content (AvgIpc) is 1.88. The lowest BCUT2D eigenvalue weighted by molar-refractivity contribution is 0.0689. The van der Waals surface area contributed by atoms with Crippen molar-refractivity contribution in [2.45, 2.75) is 0 Å². The van der Waals surface area contributed by atoms with Crippen LogP contribution in [0.2, 0.25) is 0 Å². The maximum absolute atomic E-state index is 10.2. The molecule has 0 aliphatic rings. The Labute approximate surface area is 70.5 Å². The zero-order valence-corrected chi connectivity index (χ0v) is 6.94. The van der Waals surface area contributed by atoms with Gasteiger partial charge in [-0.25, -0.2) is 9.78 Å². The van der Waals surface area contributed by atoms with E-state index >= 15 is 0 Å². The average molecular weight is 250 g/mol. The molecule has 0 atom stereocenters. The van der Waals surface area contributed by atoms with Crippen molar-refractivity contribution in [1.29, 1.82) is 0 Å². The van der Waals surface area contributed by atoms with Crippen LogP contribution in [0.25, 0.3) is 0 Å². The predicted octanol–water partition coefficient (Wildman–Crippen LogP) is 0.779. The van der Waals surface area contributed by atoms with Gasteiger partial charge in [-0.15, -0.1) is 0 Å². The van der Waals surface area contributed by atoms with Crippen molar-refractivity contribution in [2.24, 2.45) is 0 Å². The number of hydrogen-bond donors (Lipinski definition) is 1. The van der Waals surface area contributed by atoms with Crippen molar-refractivity contribution in [2.75, 3.05) is 0 Å². The molecule has 1 aromatic heterocycles. The second-order valence-electron chi connectivity index (χ2n) is 1.53. The Hall–Kier alpha value is -0.720. The number of carboxylic acid groups (broad SMARTS) is 1. The van der Waals surface area contributed by atoms with Gasteiger partial charge in [0.05, 0.1) is 12.4 Å². The lowest BCUT2D eigenvalue weighted by Crippen LogP contribution is -2.01. The number of aromatic carboxylic acids is 1. The fourth-order valence-corrected chi connectivity index (χ4v) is 0.866. The summed E-state index contributed by atoms with van der Waals surface area (Å²) in [5.74, 6) is -1.05. The highest BCUT2D eigenvalue weighted by Crippen LogP contribution is 1.98. The number of nitrogens with zero attached hydrogens (tertiary/aromatic N) is 2. The summed E-state index contributed by atoms with van der Waals surface area (Å²) in [6.07, 6.45) is 2.71. The number of carboxylic acids is 1. The van der Waals surface area contributed by atoms with E-state index in [0.29, 0.717) is 3.70 Å². The van der Waals surface area contributed by atoms with Crippen LogP contribution in [0, 0.1) is 3.70 Å². The largest absolute Gasteiger partial charge is 0.476 e. The van der Waals surface area contributed by atoms with Gasteiger partial charge in [-0.1, -0.05) is 0 Å². The molecule has 0 aromatic carbocycles. The first-order chi connectivity index (χ1) is 4.70. The Bertz CT molecular complexity index is 264. The molecule has 0 radical (unpaired) electrons. The van der Waals surface area contributed by atoms with Gasteiger partial charge in [0.25, 0.3) is 0 Å². The minimum Gasteiger partial charge on any atom is -0.476 e. The van der Waals surface area contributed by atoms with Crippen LogP contribution in [0.1, 0.15) is 10.5 Å². The van der Waals surface area contributed by atoms with Gasteiger partial charge in [0.15, 0.2) is 5.69 Å². The lowest BCUT2D eigenvalue weighted by atomic mass is 10.5.